The van der Waals surface area contributed by atoms with Gasteiger partial charge in [0.25, 0.3) is 0 Å². The highest BCUT2D eigenvalue weighted by Gasteiger charge is 2.68. The Morgan fingerprint density at radius 2 is 1.76 bits per heavy atom. The van der Waals surface area contributed by atoms with Gasteiger partial charge in [-0.2, -0.15) is 0 Å². The second-order valence-corrected chi connectivity index (χ2v) is 6.67. The number of rotatable bonds is 2. The highest BCUT2D eigenvalue weighted by atomic mass is 35.5. The molecule has 0 radical (unpaired) electrons. The van der Waals surface area contributed by atoms with Gasteiger partial charge >= 0.3 is 0 Å². The van der Waals surface area contributed by atoms with Crippen molar-refractivity contribution in [3.63, 3.8) is 0 Å². The van der Waals surface area contributed by atoms with Crippen LogP contribution in [-0.2, 0) is 9.59 Å². The molecule has 1 saturated carbocycles. The molecule has 2 aliphatic rings. The van der Waals surface area contributed by atoms with Crippen LogP contribution in [0.15, 0.2) is 0 Å². The van der Waals surface area contributed by atoms with Crippen molar-refractivity contribution < 1.29 is 9.59 Å². The Balaban J connectivity index is 1.94. The van der Waals surface area contributed by atoms with Gasteiger partial charge < -0.3 is 10.6 Å². The van der Waals surface area contributed by atoms with E-state index < -0.39 is 9.75 Å². The quantitative estimate of drug-likeness (QED) is 0.774. The lowest BCUT2D eigenvalue weighted by Gasteiger charge is -2.32. The zero-order valence-electron chi connectivity index (χ0n) is 9.71. The van der Waals surface area contributed by atoms with E-state index in [9.17, 15) is 9.59 Å². The molecule has 1 heterocycles. The SMILES string of the molecule is C[C@]1(C(=O)N2CCC(C(N)=O)CC2)CC1(Cl)Cl. The number of nitrogens with zero attached hydrogens (tertiary/aromatic N) is 1. The fraction of sp³-hybridized carbons (Fsp3) is 0.818. The van der Waals surface area contributed by atoms with Crippen LogP contribution in [0.1, 0.15) is 26.2 Å². The lowest BCUT2D eigenvalue weighted by molar-refractivity contribution is -0.139. The normalized spacial score (nSPS) is 32.3. The Hall–Kier alpha value is -0.480. The minimum Gasteiger partial charge on any atom is -0.369 e. The topological polar surface area (TPSA) is 63.4 Å². The summed E-state index contributed by atoms with van der Waals surface area (Å²) in [6, 6.07) is 0. The molecule has 2 amide bonds. The molecule has 1 aliphatic carbocycles. The third-order valence-corrected chi connectivity index (χ3v) is 5.02. The first-order chi connectivity index (χ1) is 7.78. The molecule has 0 aromatic rings. The monoisotopic (exact) mass is 278 g/mol. The highest BCUT2D eigenvalue weighted by molar-refractivity contribution is 6.53. The number of carbonyl (C=O) groups excluding carboxylic acids is 2. The lowest BCUT2D eigenvalue weighted by Crippen LogP contribution is -2.45. The van der Waals surface area contributed by atoms with Gasteiger partial charge in [0, 0.05) is 19.0 Å². The van der Waals surface area contributed by atoms with E-state index in [4.69, 9.17) is 28.9 Å². The van der Waals surface area contributed by atoms with E-state index >= 15 is 0 Å². The predicted octanol–water partition coefficient (Wildman–Crippen LogP) is 1.29. The van der Waals surface area contributed by atoms with Crippen LogP contribution in [0.25, 0.3) is 0 Å². The number of hydrogen-bond donors (Lipinski definition) is 1. The van der Waals surface area contributed by atoms with Crippen molar-refractivity contribution in [1.29, 1.82) is 0 Å². The summed E-state index contributed by atoms with van der Waals surface area (Å²) in [4.78, 5) is 25.0. The van der Waals surface area contributed by atoms with Gasteiger partial charge in [0.05, 0.1) is 5.41 Å². The van der Waals surface area contributed by atoms with Crippen LogP contribution in [0.4, 0.5) is 0 Å². The molecule has 4 nitrogen and oxygen atoms in total. The summed E-state index contributed by atoms with van der Waals surface area (Å²) in [5.74, 6) is -0.396. The van der Waals surface area contributed by atoms with Crippen LogP contribution in [0.2, 0.25) is 0 Å². The fourth-order valence-electron chi connectivity index (χ4n) is 2.35. The van der Waals surface area contributed by atoms with E-state index in [0.717, 1.165) is 0 Å². The van der Waals surface area contributed by atoms with Gasteiger partial charge in [-0.25, -0.2) is 0 Å². The van der Waals surface area contributed by atoms with Crippen LogP contribution >= 0.6 is 23.2 Å². The molecule has 0 aromatic carbocycles. The minimum absolute atomic E-state index is 0.00887. The third-order valence-electron chi connectivity index (χ3n) is 3.91. The molecule has 2 N–H and O–H groups in total. The van der Waals surface area contributed by atoms with E-state index in [-0.39, 0.29) is 17.7 Å². The summed E-state index contributed by atoms with van der Waals surface area (Å²) >= 11 is 12.0. The van der Waals surface area contributed by atoms with Gasteiger partial charge in [0.2, 0.25) is 11.8 Å². The Morgan fingerprint density at radius 3 is 2.12 bits per heavy atom. The van der Waals surface area contributed by atoms with Crippen LogP contribution in [0.3, 0.4) is 0 Å². The summed E-state index contributed by atoms with van der Waals surface area (Å²) < 4.78 is -0.926. The van der Waals surface area contributed by atoms with E-state index in [0.29, 0.717) is 32.4 Å². The second kappa shape index (κ2) is 4.02. The smallest absolute Gasteiger partial charge is 0.231 e. The number of carbonyl (C=O) groups is 2. The first-order valence-corrected chi connectivity index (χ1v) is 6.50. The maximum Gasteiger partial charge on any atom is 0.231 e. The fourth-order valence-corrected chi connectivity index (χ4v) is 3.04. The third kappa shape index (κ3) is 2.13. The molecule has 0 bridgehead atoms. The van der Waals surface area contributed by atoms with Crippen LogP contribution in [0, 0.1) is 11.3 Å². The number of primary amides is 1. The van der Waals surface area contributed by atoms with Crippen molar-refractivity contribution in [2.24, 2.45) is 17.1 Å². The predicted molar refractivity (Wildman–Crippen MR) is 65.7 cm³/mol. The summed E-state index contributed by atoms with van der Waals surface area (Å²) in [5.41, 5.74) is 4.59. The average Bonchev–Trinajstić information content (AvgIpc) is 2.78. The number of nitrogens with two attached hydrogens (primary N) is 1. The zero-order valence-corrected chi connectivity index (χ0v) is 11.2. The Kier molecular flexibility index (Phi) is 3.07. The average molecular weight is 279 g/mol. The molecule has 0 spiro atoms. The molecule has 1 saturated heterocycles. The molecular weight excluding hydrogens is 263 g/mol. The van der Waals surface area contributed by atoms with Crippen LogP contribution in [0.5, 0.6) is 0 Å². The van der Waals surface area contributed by atoms with Crippen LogP contribution in [-0.4, -0.2) is 34.1 Å². The number of amides is 2. The van der Waals surface area contributed by atoms with E-state index in [1.807, 2.05) is 0 Å². The molecule has 1 atom stereocenters. The van der Waals surface area contributed by atoms with Crippen molar-refractivity contribution in [3.05, 3.63) is 0 Å². The number of halogens is 2. The van der Waals surface area contributed by atoms with Gasteiger partial charge in [-0.15, -0.1) is 23.2 Å². The van der Waals surface area contributed by atoms with Crippen molar-refractivity contribution in [3.8, 4) is 0 Å². The molecule has 96 valence electrons. The number of alkyl halides is 2. The highest BCUT2D eigenvalue weighted by Crippen LogP contribution is 2.64. The van der Waals surface area contributed by atoms with Crippen molar-refractivity contribution in [2.45, 2.75) is 30.5 Å². The van der Waals surface area contributed by atoms with E-state index in [1.54, 1.807) is 11.8 Å². The van der Waals surface area contributed by atoms with Gasteiger partial charge in [0.15, 0.2) is 0 Å². The molecule has 0 unspecified atom stereocenters. The second-order valence-electron chi connectivity index (χ2n) is 5.18. The van der Waals surface area contributed by atoms with Crippen molar-refractivity contribution in [2.75, 3.05) is 13.1 Å². The molecule has 2 rings (SSSR count). The zero-order chi connectivity index (χ0) is 12.8. The van der Waals surface area contributed by atoms with Crippen LogP contribution < -0.4 is 5.73 Å². The Labute approximate surface area is 110 Å². The van der Waals surface area contributed by atoms with Gasteiger partial charge in [-0.1, -0.05) is 0 Å². The van der Waals surface area contributed by atoms with Gasteiger partial charge in [-0.3, -0.25) is 9.59 Å². The largest absolute Gasteiger partial charge is 0.369 e. The van der Waals surface area contributed by atoms with Crippen molar-refractivity contribution >= 4 is 35.0 Å². The standard InChI is InChI=1S/C11H16Cl2N2O2/c1-10(6-11(10,12)13)9(17)15-4-2-7(3-5-15)8(14)16/h7H,2-6H2,1H3,(H2,14,16)/t10-/m1/s1. The molecule has 6 heteroatoms. The van der Waals surface area contributed by atoms with Gasteiger partial charge in [0.1, 0.15) is 4.33 Å². The first kappa shape index (κ1) is 13.0. The Morgan fingerprint density at radius 1 is 1.29 bits per heavy atom. The molecule has 17 heavy (non-hydrogen) atoms. The molecule has 1 aliphatic heterocycles. The molecular formula is C11H16Cl2N2O2. The van der Waals surface area contributed by atoms with Gasteiger partial charge in [-0.05, 0) is 26.2 Å². The van der Waals surface area contributed by atoms with Crippen molar-refractivity contribution in [1.82, 2.24) is 4.90 Å². The minimum atomic E-state index is -0.926. The lowest BCUT2D eigenvalue weighted by atomic mass is 9.95. The molecule has 2 fully saturated rings. The number of hydrogen-bond acceptors (Lipinski definition) is 2. The summed E-state index contributed by atoms with van der Waals surface area (Å²) in [7, 11) is 0. The maximum absolute atomic E-state index is 12.2. The van der Waals surface area contributed by atoms with E-state index in [2.05, 4.69) is 0 Å². The molecule has 0 aromatic heterocycles. The number of likely N-dealkylation sites (tertiary alicyclic amines) is 1. The number of piperidine rings is 1. The summed E-state index contributed by atoms with van der Waals surface area (Å²) in [6.45, 7) is 2.91. The summed E-state index contributed by atoms with van der Waals surface area (Å²) in [6.07, 6.45) is 1.77. The Bertz CT molecular complexity index is 364. The maximum atomic E-state index is 12.2. The van der Waals surface area contributed by atoms with E-state index in [1.165, 1.54) is 0 Å². The summed E-state index contributed by atoms with van der Waals surface area (Å²) in [5, 5.41) is 0. The first-order valence-electron chi connectivity index (χ1n) is 5.74.